The van der Waals surface area contributed by atoms with Gasteiger partial charge in [0.05, 0.1) is 18.4 Å². The molecule has 0 radical (unpaired) electrons. The van der Waals surface area contributed by atoms with E-state index >= 15 is 0 Å². The van der Waals surface area contributed by atoms with Crippen molar-refractivity contribution >= 4 is 5.96 Å². The highest BCUT2D eigenvalue weighted by atomic mass is 16.5. The molecule has 0 aliphatic carbocycles. The lowest BCUT2D eigenvalue weighted by molar-refractivity contribution is -0.0161. The van der Waals surface area contributed by atoms with Crippen molar-refractivity contribution in [1.29, 1.82) is 0 Å². The van der Waals surface area contributed by atoms with E-state index in [0.29, 0.717) is 0 Å². The molecule has 1 aliphatic rings. The van der Waals surface area contributed by atoms with Crippen LogP contribution in [0.1, 0.15) is 17.8 Å². The summed E-state index contributed by atoms with van der Waals surface area (Å²) in [6, 6.07) is 2.11. The summed E-state index contributed by atoms with van der Waals surface area (Å²) in [5, 5.41) is 11.2. The molecule has 7 nitrogen and oxygen atoms in total. The molecule has 1 aliphatic heterocycles. The second kappa shape index (κ2) is 8.88. The summed E-state index contributed by atoms with van der Waals surface area (Å²) in [6.45, 7) is 9.45. The molecular weight excluding hydrogens is 292 g/mol. The van der Waals surface area contributed by atoms with Crippen molar-refractivity contribution < 1.29 is 4.74 Å². The number of likely N-dealkylation sites (N-methyl/N-ethyl adjacent to an activating group) is 1. The van der Waals surface area contributed by atoms with Crippen molar-refractivity contribution in [3.8, 4) is 0 Å². The van der Waals surface area contributed by atoms with Gasteiger partial charge in [0, 0.05) is 45.5 Å². The average molecular weight is 322 g/mol. The third kappa shape index (κ3) is 5.84. The van der Waals surface area contributed by atoms with Gasteiger partial charge >= 0.3 is 0 Å². The first kappa shape index (κ1) is 17.7. The minimum Gasteiger partial charge on any atom is -0.374 e. The molecule has 7 heteroatoms. The Balaban J connectivity index is 1.64. The van der Waals surface area contributed by atoms with Gasteiger partial charge in [-0.2, -0.15) is 5.10 Å². The molecule has 130 valence electrons. The number of nitrogens with zero attached hydrogens (tertiary/aromatic N) is 4. The number of nitrogens with one attached hydrogen (secondary N) is 2. The topological polar surface area (TPSA) is 66.7 Å². The first-order chi connectivity index (χ1) is 11.1. The van der Waals surface area contributed by atoms with Gasteiger partial charge in [-0.05, 0) is 33.4 Å². The van der Waals surface area contributed by atoms with Crippen molar-refractivity contribution in [1.82, 2.24) is 25.3 Å². The monoisotopic (exact) mass is 322 g/mol. The van der Waals surface area contributed by atoms with Crippen molar-refractivity contribution in [3.05, 3.63) is 17.5 Å². The number of hydrogen-bond acceptors (Lipinski definition) is 4. The quantitative estimate of drug-likeness (QED) is 0.450. The van der Waals surface area contributed by atoms with Gasteiger partial charge in [-0.15, -0.1) is 0 Å². The van der Waals surface area contributed by atoms with Crippen LogP contribution in [-0.4, -0.2) is 73.6 Å². The second-order valence-electron chi connectivity index (χ2n) is 6.14. The van der Waals surface area contributed by atoms with E-state index < -0.39 is 0 Å². The molecule has 0 spiro atoms. The van der Waals surface area contributed by atoms with Gasteiger partial charge in [-0.1, -0.05) is 0 Å². The van der Waals surface area contributed by atoms with E-state index in [2.05, 4.69) is 50.3 Å². The number of guanidine groups is 1. The number of aryl methyl sites for hydroxylation is 3. The van der Waals surface area contributed by atoms with E-state index in [9.17, 15) is 0 Å². The summed E-state index contributed by atoms with van der Waals surface area (Å²) in [6.07, 6.45) is 1.23. The summed E-state index contributed by atoms with van der Waals surface area (Å²) >= 11 is 0. The van der Waals surface area contributed by atoms with Crippen LogP contribution in [0.15, 0.2) is 11.1 Å². The van der Waals surface area contributed by atoms with Crippen molar-refractivity contribution in [2.45, 2.75) is 32.9 Å². The fraction of sp³-hybridized carbons (Fsp3) is 0.750. The van der Waals surface area contributed by atoms with Gasteiger partial charge in [0.1, 0.15) is 0 Å². The Hall–Kier alpha value is -1.60. The third-order valence-corrected chi connectivity index (χ3v) is 4.01. The molecule has 0 amide bonds. The molecule has 23 heavy (non-hydrogen) atoms. The molecule has 1 aromatic rings. The summed E-state index contributed by atoms with van der Waals surface area (Å²) < 4.78 is 7.80. The molecule has 1 unspecified atom stereocenters. The van der Waals surface area contributed by atoms with Crippen LogP contribution in [0, 0.1) is 13.8 Å². The maximum absolute atomic E-state index is 5.74. The minimum atomic E-state index is 0.224. The molecule has 0 bridgehead atoms. The Morgan fingerprint density at radius 2 is 2.26 bits per heavy atom. The zero-order valence-corrected chi connectivity index (χ0v) is 14.8. The predicted molar refractivity (Wildman–Crippen MR) is 92.9 cm³/mol. The Morgan fingerprint density at radius 3 is 2.91 bits per heavy atom. The van der Waals surface area contributed by atoms with Gasteiger partial charge in [-0.3, -0.25) is 9.67 Å². The maximum atomic E-state index is 5.74. The number of rotatable bonds is 6. The van der Waals surface area contributed by atoms with Crippen molar-refractivity contribution in [2.75, 3.05) is 46.9 Å². The average Bonchev–Trinajstić information content (AvgIpc) is 2.84. The van der Waals surface area contributed by atoms with Gasteiger partial charge in [0.25, 0.3) is 0 Å². The van der Waals surface area contributed by atoms with Crippen LogP contribution in [0.2, 0.25) is 0 Å². The highest BCUT2D eigenvalue weighted by molar-refractivity contribution is 5.79. The molecule has 1 fully saturated rings. The zero-order chi connectivity index (χ0) is 16.7. The van der Waals surface area contributed by atoms with Crippen molar-refractivity contribution in [2.24, 2.45) is 4.99 Å². The van der Waals surface area contributed by atoms with Gasteiger partial charge in [-0.25, -0.2) is 0 Å². The zero-order valence-electron chi connectivity index (χ0n) is 14.8. The molecule has 0 saturated carbocycles. The van der Waals surface area contributed by atoms with Gasteiger partial charge in [0.2, 0.25) is 0 Å². The Morgan fingerprint density at radius 1 is 1.43 bits per heavy atom. The third-order valence-electron chi connectivity index (χ3n) is 4.01. The fourth-order valence-corrected chi connectivity index (χ4v) is 2.76. The van der Waals surface area contributed by atoms with E-state index in [-0.39, 0.29) is 6.10 Å². The first-order valence-electron chi connectivity index (χ1n) is 8.34. The lowest BCUT2D eigenvalue weighted by Crippen LogP contribution is -2.48. The van der Waals surface area contributed by atoms with Crippen LogP contribution >= 0.6 is 0 Å². The standard InChI is InChI=1S/C16H30N6O/c1-13-10-14(2)22(20-13)7-5-6-18-16(17-3)19-11-15-12-21(4)8-9-23-15/h10,15H,5-9,11-12H2,1-4H3,(H2,17,18,19). The van der Waals surface area contributed by atoms with Crippen LogP contribution in [0.25, 0.3) is 0 Å². The highest BCUT2D eigenvalue weighted by Crippen LogP contribution is 2.02. The summed E-state index contributed by atoms with van der Waals surface area (Å²) in [4.78, 5) is 6.55. The smallest absolute Gasteiger partial charge is 0.191 e. The number of aliphatic imine (C=N–C) groups is 1. The van der Waals surface area contributed by atoms with Crippen LogP contribution in [0.5, 0.6) is 0 Å². The molecule has 1 atom stereocenters. The van der Waals surface area contributed by atoms with Crippen LogP contribution in [0.4, 0.5) is 0 Å². The largest absolute Gasteiger partial charge is 0.374 e. The number of hydrogen-bond donors (Lipinski definition) is 2. The van der Waals surface area contributed by atoms with E-state index in [1.807, 2.05) is 6.92 Å². The highest BCUT2D eigenvalue weighted by Gasteiger charge is 2.17. The maximum Gasteiger partial charge on any atom is 0.191 e. The summed E-state index contributed by atoms with van der Waals surface area (Å²) in [5.41, 5.74) is 2.29. The van der Waals surface area contributed by atoms with Crippen LogP contribution in [0.3, 0.4) is 0 Å². The molecule has 2 rings (SSSR count). The van der Waals surface area contributed by atoms with Gasteiger partial charge < -0.3 is 20.3 Å². The summed E-state index contributed by atoms with van der Waals surface area (Å²) in [7, 11) is 3.92. The Bertz CT molecular complexity index is 513. The molecule has 2 heterocycles. The number of ether oxygens (including phenoxy) is 1. The molecular formula is C16H30N6O. The molecule has 1 aromatic heterocycles. The normalized spacial score (nSPS) is 19.8. The van der Waals surface area contributed by atoms with E-state index in [4.69, 9.17) is 4.74 Å². The van der Waals surface area contributed by atoms with E-state index in [1.165, 1.54) is 5.69 Å². The number of aromatic nitrogens is 2. The minimum absolute atomic E-state index is 0.224. The van der Waals surface area contributed by atoms with Crippen molar-refractivity contribution in [3.63, 3.8) is 0 Å². The van der Waals surface area contributed by atoms with E-state index in [1.54, 1.807) is 7.05 Å². The second-order valence-corrected chi connectivity index (χ2v) is 6.14. The Kier molecular flexibility index (Phi) is 6.85. The molecule has 1 saturated heterocycles. The SMILES string of the molecule is CN=C(NCCCn1nc(C)cc1C)NCC1CN(C)CCO1. The summed E-state index contributed by atoms with van der Waals surface area (Å²) in [5.74, 6) is 0.829. The first-order valence-corrected chi connectivity index (χ1v) is 8.34. The lowest BCUT2D eigenvalue weighted by Gasteiger charge is -2.30. The number of morpholine rings is 1. The van der Waals surface area contributed by atoms with Crippen LogP contribution in [-0.2, 0) is 11.3 Å². The van der Waals surface area contributed by atoms with E-state index in [0.717, 1.165) is 57.4 Å². The van der Waals surface area contributed by atoms with Gasteiger partial charge in [0.15, 0.2) is 5.96 Å². The lowest BCUT2D eigenvalue weighted by atomic mass is 10.3. The molecule has 0 aromatic carbocycles. The Labute approximate surface area is 139 Å². The van der Waals surface area contributed by atoms with Crippen LogP contribution < -0.4 is 10.6 Å². The molecule has 2 N–H and O–H groups in total. The predicted octanol–water partition coefficient (Wildman–Crippen LogP) is 0.386. The fourth-order valence-electron chi connectivity index (χ4n) is 2.76.